The van der Waals surface area contributed by atoms with Crippen LogP contribution in [0, 0.1) is 0 Å². The van der Waals surface area contributed by atoms with Crippen LogP contribution in [0.15, 0.2) is 29.9 Å². The first-order chi connectivity index (χ1) is 8.92. The van der Waals surface area contributed by atoms with E-state index in [0.29, 0.717) is 6.04 Å². The summed E-state index contributed by atoms with van der Waals surface area (Å²) in [6, 6.07) is 6.63. The lowest BCUT2D eigenvalue weighted by atomic mass is 10.1. The molecule has 0 amide bonds. The second-order valence-corrected chi connectivity index (χ2v) is 5.40. The predicted octanol–water partition coefficient (Wildman–Crippen LogP) is 2.37. The zero-order chi connectivity index (χ0) is 12.2. The van der Waals surface area contributed by atoms with Crippen molar-refractivity contribution in [2.75, 3.05) is 18.4 Å². The van der Waals surface area contributed by atoms with Crippen LogP contribution in [-0.4, -0.2) is 29.1 Å². The van der Waals surface area contributed by atoms with Gasteiger partial charge in [-0.2, -0.15) is 0 Å². The van der Waals surface area contributed by atoms with Gasteiger partial charge in [0, 0.05) is 18.7 Å². The zero-order valence-electron chi connectivity index (χ0n) is 10.1. The lowest BCUT2D eigenvalue weighted by molar-refractivity contribution is 0.479. The van der Waals surface area contributed by atoms with Gasteiger partial charge >= 0.3 is 0 Å². The van der Waals surface area contributed by atoms with Crippen LogP contribution in [0.1, 0.15) is 12.8 Å². The SMILES string of the molecule is c1csc(-c2cc(NC3CCCNC3)ncn2)c1. The van der Waals surface area contributed by atoms with Crippen LogP contribution < -0.4 is 10.6 Å². The number of nitrogens with one attached hydrogen (secondary N) is 2. The number of hydrogen-bond donors (Lipinski definition) is 2. The van der Waals surface area contributed by atoms with Gasteiger partial charge in [0.1, 0.15) is 12.1 Å². The standard InChI is InChI=1S/C13H16N4S/c1-3-10(8-14-5-1)17-13-7-11(15-9-16-13)12-4-2-6-18-12/h2,4,6-7,9-10,14H,1,3,5,8H2,(H,15,16,17). The summed E-state index contributed by atoms with van der Waals surface area (Å²) in [6.07, 6.45) is 4.06. The fourth-order valence-electron chi connectivity index (χ4n) is 2.18. The Morgan fingerprint density at radius 1 is 1.39 bits per heavy atom. The Morgan fingerprint density at radius 2 is 2.39 bits per heavy atom. The number of piperidine rings is 1. The van der Waals surface area contributed by atoms with Crippen molar-refractivity contribution in [1.82, 2.24) is 15.3 Å². The summed E-state index contributed by atoms with van der Waals surface area (Å²) in [7, 11) is 0. The molecule has 1 unspecified atom stereocenters. The highest BCUT2D eigenvalue weighted by Crippen LogP contribution is 2.24. The van der Waals surface area contributed by atoms with Crippen molar-refractivity contribution in [1.29, 1.82) is 0 Å². The number of nitrogens with zero attached hydrogens (tertiary/aromatic N) is 2. The third kappa shape index (κ3) is 2.68. The largest absolute Gasteiger partial charge is 0.366 e. The number of rotatable bonds is 3. The number of hydrogen-bond acceptors (Lipinski definition) is 5. The minimum absolute atomic E-state index is 0.477. The van der Waals surface area contributed by atoms with Crippen molar-refractivity contribution >= 4 is 17.2 Å². The highest BCUT2D eigenvalue weighted by atomic mass is 32.1. The molecule has 1 fully saturated rings. The highest BCUT2D eigenvalue weighted by molar-refractivity contribution is 7.13. The minimum atomic E-state index is 0.477. The molecule has 18 heavy (non-hydrogen) atoms. The first-order valence-corrected chi connectivity index (χ1v) is 7.13. The van der Waals surface area contributed by atoms with Gasteiger partial charge in [-0.25, -0.2) is 9.97 Å². The lowest BCUT2D eigenvalue weighted by Crippen LogP contribution is -2.38. The van der Waals surface area contributed by atoms with Crippen molar-refractivity contribution in [2.45, 2.75) is 18.9 Å². The van der Waals surface area contributed by atoms with Crippen LogP contribution in [0.5, 0.6) is 0 Å². The maximum Gasteiger partial charge on any atom is 0.130 e. The molecule has 0 aliphatic carbocycles. The van der Waals surface area contributed by atoms with Crippen LogP contribution >= 0.6 is 11.3 Å². The summed E-state index contributed by atoms with van der Waals surface area (Å²) in [5.41, 5.74) is 0.992. The van der Waals surface area contributed by atoms with E-state index in [2.05, 4.69) is 32.0 Å². The highest BCUT2D eigenvalue weighted by Gasteiger charge is 2.13. The van der Waals surface area contributed by atoms with Crippen LogP contribution in [0.25, 0.3) is 10.6 Å². The third-order valence-corrected chi connectivity index (χ3v) is 3.98. The Morgan fingerprint density at radius 3 is 3.17 bits per heavy atom. The fraction of sp³-hybridized carbons (Fsp3) is 0.385. The first-order valence-electron chi connectivity index (χ1n) is 6.25. The van der Waals surface area contributed by atoms with E-state index >= 15 is 0 Å². The predicted molar refractivity (Wildman–Crippen MR) is 74.9 cm³/mol. The Kier molecular flexibility index (Phi) is 3.52. The number of thiophene rings is 1. The van der Waals surface area contributed by atoms with Gasteiger partial charge in [-0.3, -0.25) is 0 Å². The smallest absolute Gasteiger partial charge is 0.130 e. The van der Waals surface area contributed by atoms with E-state index in [4.69, 9.17) is 0 Å². The molecule has 1 atom stereocenters. The Balaban J connectivity index is 1.74. The van der Waals surface area contributed by atoms with Crippen LogP contribution in [0.4, 0.5) is 5.82 Å². The van der Waals surface area contributed by atoms with Gasteiger partial charge in [0.15, 0.2) is 0 Å². The molecule has 0 saturated carbocycles. The summed E-state index contributed by atoms with van der Waals surface area (Å²) in [5.74, 6) is 0.919. The maximum atomic E-state index is 4.32. The van der Waals surface area contributed by atoms with E-state index in [1.807, 2.05) is 12.1 Å². The fourth-order valence-corrected chi connectivity index (χ4v) is 2.87. The summed E-state index contributed by atoms with van der Waals surface area (Å²) in [6.45, 7) is 2.14. The van der Waals surface area contributed by atoms with Gasteiger partial charge in [-0.1, -0.05) is 6.07 Å². The molecule has 1 aliphatic heterocycles. The number of aromatic nitrogens is 2. The first kappa shape index (κ1) is 11.6. The molecule has 0 spiro atoms. The van der Waals surface area contributed by atoms with Gasteiger partial charge in [0.05, 0.1) is 10.6 Å². The van der Waals surface area contributed by atoms with E-state index in [1.54, 1.807) is 17.7 Å². The molecule has 1 saturated heterocycles. The Hall–Kier alpha value is -1.46. The summed E-state index contributed by atoms with van der Waals surface area (Å²) >= 11 is 1.70. The average Bonchev–Trinajstić information content (AvgIpc) is 2.94. The van der Waals surface area contributed by atoms with Crippen molar-refractivity contribution in [3.63, 3.8) is 0 Å². The molecule has 2 aromatic rings. The van der Waals surface area contributed by atoms with E-state index in [0.717, 1.165) is 24.6 Å². The van der Waals surface area contributed by atoms with E-state index in [9.17, 15) is 0 Å². The zero-order valence-corrected chi connectivity index (χ0v) is 10.9. The van der Waals surface area contributed by atoms with Gasteiger partial charge in [-0.05, 0) is 30.8 Å². The minimum Gasteiger partial charge on any atom is -0.366 e. The molecule has 1 aliphatic rings. The molecule has 94 valence electrons. The van der Waals surface area contributed by atoms with Crippen molar-refractivity contribution in [3.8, 4) is 10.6 Å². The van der Waals surface area contributed by atoms with Crippen LogP contribution in [0.3, 0.4) is 0 Å². The monoisotopic (exact) mass is 260 g/mol. The van der Waals surface area contributed by atoms with E-state index < -0.39 is 0 Å². The molecule has 0 aromatic carbocycles. The number of anilines is 1. The molecule has 0 bridgehead atoms. The maximum absolute atomic E-state index is 4.32. The van der Waals surface area contributed by atoms with Crippen LogP contribution in [0.2, 0.25) is 0 Å². The summed E-state index contributed by atoms with van der Waals surface area (Å²) < 4.78 is 0. The molecular formula is C13H16N4S. The third-order valence-electron chi connectivity index (χ3n) is 3.09. The van der Waals surface area contributed by atoms with Crippen LogP contribution in [-0.2, 0) is 0 Å². The quantitative estimate of drug-likeness (QED) is 0.889. The normalized spacial score (nSPS) is 19.7. The van der Waals surface area contributed by atoms with E-state index in [-0.39, 0.29) is 0 Å². The Labute approximate surface area is 110 Å². The summed E-state index contributed by atoms with van der Waals surface area (Å²) in [5, 5.41) is 8.93. The van der Waals surface area contributed by atoms with Gasteiger partial charge in [0.25, 0.3) is 0 Å². The van der Waals surface area contributed by atoms with Gasteiger partial charge in [0.2, 0.25) is 0 Å². The van der Waals surface area contributed by atoms with Gasteiger partial charge < -0.3 is 10.6 Å². The van der Waals surface area contributed by atoms with Crippen molar-refractivity contribution in [2.24, 2.45) is 0 Å². The second kappa shape index (κ2) is 5.46. The molecule has 4 nitrogen and oxygen atoms in total. The molecule has 3 rings (SSSR count). The average molecular weight is 260 g/mol. The van der Waals surface area contributed by atoms with E-state index in [1.165, 1.54) is 17.7 Å². The van der Waals surface area contributed by atoms with Crippen molar-refractivity contribution in [3.05, 3.63) is 29.9 Å². The second-order valence-electron chi connectivity index (χ2n) is 4.45. The molecule has 3 heterocycles. The molecular weight excluding hydrogens is 244 g/mol. The Bertz CT molecular complexity index is 491. The molecule has 2 aromatic heterocycles. The molecule has 2 N–H and O–H groups in total. The topological polar surface area (TPSA) is 49.8 Å². The molecule has 0 radical (unpaired) electrons. The summed E-state index contributed by atoms with van der Waals surface area (Å²) in [4.78, 5) is 9.80. The molecule has 5 heteroatoms. The van der Waals surface area contributed by atoms with Crippen molar-refractivity contribution < 1.29 is 0 Å². The van der Waals surface area contributed by atoms with Gasteiger partial charge in [-0.15, -0.1) is 11.3 Å². The lowest BCUT2D eigenvalue weighted by Gasteiger charge is -2.24.